The Bertz CT molecular complexity index is 4080. The summed E-state index contributed by atoms with van der Waals surface area (Å²) in [6.45, 7) is -0.00867. The minimum atomic E-state index is -3.28. The van der Waals surface area contributed by atoms with E-state index < -0.39 is 8.07 Å². The summed E-state index contributed by atoms with van der Waals surface area (Å²) >= 11 is 3.85. The van der Waals surface area contributed by atoms with Gasteiger partial charge in [-0.25, -0.2) is 0 Å². The number of hydrogen-bond acceptors (Lipinski definition) is 3. The van der Waals surface area contributed by atoms with E-state index in [-0.39, 0.29) is 13.4 Å². The third-order valence-corrected chi connectivity index (χ3v) is 23.4. The molecule has 72 heavy (non-hydrogen) atoms. The number of thiophene rings is 2. The maximum absolute atomic E-state index is 3.28. The number of nitrogens with zero attached hydrogens (tertiary/aromatic N) is 1. The first-order valence-corrected chi connectivity index (χ1v) is 28.7. The van der Waals surface area contributed by atoms with Gasteiger partial charge in [0, 0.05) is 57.4 Å². The third-order valence-electron chi connectivity index (χ3n) is 16.2. The van der Waals surface area contributed by atoms with Crippen LogP contribution in [0.2, 0.25) is 0 Å². The van der Waals surface area contributed by atoms with Crippen molar-refractivity contribution in [2.45, 2.75) is 0 Å². The lowest BCUT2D eigenvalue weighted by molar-refractivity contribution is 1.31. The lowest BCUT2D eigenvalue weighted by Crippen LogP contribution is -2.81. The molecule has 0 atom stereocenters. The van der Waals surface area contributed by atoms with Crippen molar-refractivity contribution in [3.8, 4) is 22.3 Å². The quantitative estimate of drug-likeness (QED) is 0.150. The molecule has 0 bridgehead atoms. The summed E-state index contributed by atoms with van der Waals surface area (Å²) in [6.07, 6.45) is 0. The van der Waals surface area contributed by atoms with Crippen LogP contribution in [0.5, 0.6) is 0 Å². The van der Waals surface area contributed by atoms with Crippen LogP contribution in [-0.4, -0.2) is 21.5 Å². The molecule has 6 heteroatoms. The van der Waals surface area contributed by atoms with Crippen LogP contribution in [0.3, 0.4) is 0 Å². The zero-order valence-electron chi connectivity index (χ0n) is 39.1. The van der Waals surface area contributed by atoms with Gasteiger partial charge in [0.15, 0.2) is 8.07 Å². The number of fused-ring (bicyclic) bond motifs is 6. The van der Waals surface area contributed by atoms with Gasteiger partial charge in [-0.15, -0.1) is 22.7 Å². The highest BCUT2D eigenvalue weighted by Crippen LogP contribution is 2.46. The summed E-state index contributed by atoms with van der Waals surface area (Å²) in [5, 5.41) is 11.0. The van der Waals surface area contributed by atoms with Gasteiger partial charge in [0.2, 0.25) is 13.4 Å². The van der Waals surface area contributed by atoms with Crippen LogP contribution in [-0.2, 0) is 0 Å². The molecular weight excluding hydrogens is 921 g/mol. The maximum Gasteiger partial charge on any atom is 0.246 e. The zero-order chi connectivity index (χ0) is 47.1. The van der Waals surface area contributed by atoms with Crippen molar-refractivity contribution in [3.05, 3.63) is 249 Å². The van der Waals surface area contributed by atoms with E-state index in [2.05, 4.69) is 254 Å². The van der Waals surface area contributed by atoms with Gasteiger partial charge in [-0.2, -0.15) is 0 Å². The summed E-state index contributed by atoms with van der Waals surface area (Å²) in [7, 11) is -3.28. The van der Waals surface area contributed by atoms with Gasteiger partial charge < -0.3 is 4.90 Å². The van der Waals surface area contributed by atoms with Crippen molar-refractivity contribution >= 4 is 155 Å². The average molecular weight is 962 g/mol. The molecule has 0 aliphatic carbocycles. The first-order valence-electron chi connectivity index (χ1n) is 25.1. The van der Waals surface area contributed by atoms with Crippen LogP contribution in [0.15, 0.2) is 249 Å². The van der Waals surface area contributed by atoms with Crippen molar-refractivity contribution in [2.24, 2.45) is 0 Å². The molecule has 0 amide bonds. The summed E-state index contributed by atoms with van der Waals surface area (Å²) < 4.78 is 5.33. The minimum absolute atomic E-state index is 0.00434. The molecule has 332 valence electrons. The van der Waals surface area contributed by atoms with Crippen LogP contribution in [0.25, 0.3) is 62.6 Å². The molecule has 0 saturated heterocycles. The van der Waals surface area contributed by atoms with Crippen molar-refractivity contribution in [2.75, 3.05) is 4.90 Å². The predicted octanol–water partition coefficient (Wildman–Crippen LogP) is 10.6. The number of anilines is 3. The van der Waals surface area contributed by atoms with E-state index in [0.717, 1.165) is 0 Å². The fraction of sp³-hybridized carbons (Fsp3) is 0. The molecule has 13 aromatic rings. The summed E-state index contributed by atoms with van der Waals surface area (Å²) in [5.74, 6) is 0. The Labute approximate surface area is 428 Å². The normalized spacial score (nSPS) is 13.9. The average Bonchev–Trinajstić information content (AvgIpc) is 4.03. The van der Waals surface area contributed by atoms with Crippen molar-refractivity contribution < 1.29 is 0 Å². The Kier molecular flexibility index (Phi) is 8.76. The summed E-state index contributed by atoms with van der Waals surface area (Å²) in [5.41, 5.74) is 17.3. The first kappa shape index (κ1) is 40.7. The Morgan fingerprint density at radius 1 is 0.319 bits per heavy atom. The van der Waals surface area contributed by atoms with E-state index in [1.54, 1.807) is 0 Å². The molecular formula is C66H41B2NS2Si. The summed E-state index contributed by atoms with van der Waals surface area (Å²) in [6, 6.07) is 95.8. The highest BCUT2D eigenvalue weighted by molar-refractivity contribution is 7.27. The molecule has 0 spiro atoms. The van der Waals surface area contributed by atoms with Gasteiger partial charge in [-0.05, 0) is 77.0 Å². The van der Waals surface area contributed by atoms with Crippen molar-refractivity contribution in [1.82, 2.24) is 0 Å². The summed E-state index contributed by atoms with van der Waals surface area (Å²) in [4.78, 5) is 2.78. The molecule has 0 N–H and O–H groups in total. The van der Waals surface area contributed by atoms with Crippen LogP contribution in [0, 0.1) is 0 Å². The van der Waals surface area contributed by atoms with Gasteiger partial charge >= 0.3 is 0 Å². The smallest absolute Gasteiger partial charge is 0.246 e. The molecule has 3 aliphatic rings. The van der Waals surface area contributed by atoms with E-state index in [9.17, 15) is 0 Å². The molecule has 0 saturated carbocycles. The number of para-hydroxylation sites is 1. The first-order chi connectivity index (χ1) is 35.7. The Morgan fingerprint density at radius 2 is 0.708 bits per heavy atom. The predicted molar refractivity (Wildman–Crippen MR) is 317 cm³/mol. The fourth-order valence-electron chi connectivity index (χ4n) is 13.4. The maximum atomic E-state index is 2.78. The van der Waals surface area contributed by atoms with Crippen LogP contribution in [0.4, 0.5) is 17.1 Å². The molecule has 0 unspecified atom stereocenters. The van der Waals surface area contributed by atoms with E-state index in [1.165, 1.54) is 133 Å². The van der Waals surface area contributed by atoms with Crippen LogP contribution >= 0.6 is 22.7 Å². The van der Waals surface area contributed by atoms with Crippen LogP contribution in [0.1, 0.15) is 0 Å². The van der Waals surface area contributed by atoms with Gasteiger partial charge in [0.25, 0.3) is 0 Å². The van der Waals surface area contributed by atoms with Gasteiger partial charge in [0.1, 0.15) is 0 Å². The van der Waals surface area contributed by atoms with Gasteiger partial charge in [-0.1, -0.05) is 248 Å². The number of benzene rings is 11. The van der Waals surface area contributed by atoms with E-state index >= 15 is 0 Å². The molecule has 2 aromatic heterocycles. The Hall–Kier alpha value is -7.99. The topological polar surface area (TPSA) is 3.24 Å². The second-order valence-electron chi connectivity index (χ2n) is 19.8. The van der Waals surface area contributed by atoms with Crippen LogP contribution < -0.4 is 58.4 Å². The molecule has 1 nitrogen and oxygen atoms in total. The lowest BCUT2D eigenvalue weighted by Gasteiger charge is -2.53. The van der Waals surface area contributed by atoms with Gasteiger partial charge in [-0.3, -0.25) is 0 Å². The van der Waals surface area contributed by atoms with E-state index in [0.29, 0.717) is 0 Å². The number of hydrogen-bond donors (Lipinski definition) is 0. The number of rotatable bonds is 6. The Morgan fingerprint density at radius 3 is 1.17 bits per heavy atom. The Balaban J connectivity index is 1.12. The molecule has 5 heterocycles. The largest absolute Gasteiger partial charge is 0.313 e. The molecule has 0 radical (unpaired) electrons. The fourth-order valence-corrected chi connectivity index (χ4v) is 21.1. The molecule has 16 rings (SSSR count). The standard InChI is InChI=1S/C66H41B2NS2Si/c1-5-20-44(21-6-1)67-54-34-19-35-55-62(54)69-63-56(67)38-42(48-30-17-32-52-50-28-13-15-36-58(50)70-65(48)52)40-60(63)72(46-24-9-3-10-25-46,47-26-11-4-12-27-47)61-41-43(39-57(64(61)69)68(55)45-22-7-2-8-23-45)49-31-18-33-53-51-29-14-16-37-59(51)71-66(49)53/h1-41H. The highest BCUT2D eigenvalue weighted by atomic mass is 32.1. The van der Waals surface area contributed by atoms with Crippen molar-refractivity contribution in [3.63, 3.8) is 0 Å². The lowest BCUT2D eigenvalue weighted by atomic mass is 9.30. The second kappa shape index (κ2) is 15.5. The monoisotopic (exact) mass is 961 g/mol. The van der Waals surface area contributed by atoms with Crippen molar-refractivity contribution in [1.29, 1.82) is 0 Å². The SMILES string of the molecule is c1ccc(B2c3cccc4c3N3c5c2cc(-c2cccc6c2sc2ccccc26)cc5[Si](c2ccccc2)(c2ccccc2)c2cc(-c5cccc6c5sc5ccccc56)cc(c23)B4c2ccccc2)cc1. The molecule has 0 fully saturated rings. The van der Waals surface area contributed by atoms with E-state index in [1.807, 2.05) is 22.7 Å². The highest BCUT2D eigenvalue weighted by Gasteiger charge is 2.56. The third kappa shape index (κ3) is 5.55. The molecule has 11 aromatic carbocycles. The second-order valence-corrected chi connectivity index (χ2v) is 25.6. The zero-order valence-corrected chi connectivity index (χ0v) is 41.7. The molecule has 3 aliphatic heterocycles. The van der Waals surface area contributed by atoms with E-state index in [4.69, 9.17) is 0 Å². The van der Waals surface area contributed by atoms with Gasteiger partial charge in [0.05, 0.1) is 0 Å². The minimum Gasteiger partial charge on any atom is -0.313 e.